The molecule has 0 aliphatic heterocycles. The molecule has 2 aromatic carbocycles. The zero-order valence-corrected chi connectivity index (χ0v) is 14.9. The van der Waals surface area contributed by atoms with Crippen molar-refractivity contribution in [2.75, 3.05) is 19.0 Å². The highest BCUT2D eigenvalue weighted by atomic mass is 16.6. The molecule has 0 saturated heterocycles. The molecule has 0 fully saturated rings. The Morgan fingerprint density at radius 2 is 1.89 bits per heavy atom. The zero-order valence-electron chi connectivity index (χ0n) is 14.9. The first-order valence-corrected chi connectivity index (χ1v) is 8.11. The van der Waals surface area contributed by atoms with Crippen molar-refractivity contribution in [2.45, 2.75) is 0 Å². The average Bonchev–Trinajstić information content (AvgIpc) is 2.70. The van der Waals surface area contributed by atoms with Crippen molar-refractivity contribution < 1.29 is 24.0 Å². The summed E-state index contributed by atoms with van der Waals surface area (Å²) in [6.45, 7) is -0.551. The number of ether oxygens (including phenoxy) is 1. The third-order valence-corrected chi connectivity index (χ3v) is 3.51. The van der Waals surface area contributed by atoms with Gasteiger partial charge in [0.05, 0.1) is 10.5 Å². The number of rotatable bonds is 7. The molecule has 2 amide bonds. The van der Waals surface area contributed by atoms with Crippen LogP contribution in [0, 0.1) is 10.1 Å². The molecule has 0 radical (unpaired) electrons. The van der Waals surface area contributed by atoms with E-state index in [1.807, 2.05) is 0 Å². The highest BCUT2D eigenvalue weighted by Crippen LogP contribution is 2.18. The topological polar surface area (TPSA) is 128 Å². The largest absolute Gasteiger partial charge is 0.452 e. The fraction of sp³-hybridized carbons (Fsp3) is 0.105. The molecule has 0 heterocycles. The Bertz CT molecular complexity index is 939. The van der Waals surface area contributed by atoms with E-state index in [0.717, 1.165) is 6.08 Å². The molecule has 9 nitrogen and oxygen atoms in total. The second kappa shape index (κ2) is 9.62. The lowest BCUT2D eigenvalue weighted by atomic mass is 10.1. The Kier molecular flexibility index (Phi) is 6.98. The molecule has 28 heavy (non-hydrogen) atoms. The fourth-order valence-electron chi connectivity index (χ4n) is 2.22. The zero-order chi connectivity index (χ0) is 20.5. The molecule has 0 bridgehead atoms. The number of hydrogen-bond donors (Lipinski definition) is 2. The summed E-state index contributed by atoms with van der Waals surface area (Å²) in [4.78, 5) is 45.5. The maximum absolute atomic E-state index is 11.9. The average molecular weight is 383 g/mol. The molecule has 2 N–H and O–H groups in total. The van der Waals surface area contributed by atoms with E-state index in [-0.39, 0.29) is 17.2 Å². The number of anilines is 1. The van der Waals surface area contributed by atoms with Crippen LogP contribution in [-0.4, -0.2) is 36.4 Å². The first kappa shape index (κ1) is 20.3. The minimum Gasteiger partial charge on any atom is -0.452 e. The predicted molar refractivity (Wildman–Crippen MR) is 102 cm³/mol. The van der Waals surface area contributed by atoms with Crippen molar-refractivity contribution in [3.05, 3.63) is 75.8 Å². The Labute approximate surface area is 160 Å². The maximum atomic E-state index is 11.9. The van der Waals surface area contributed by atoms with E-state index in [4.69, 9.17) is 4.74 Å². The standard InChI is InChI=1S/C19H17N3O6/c1-20-19(25)14-6-4-7-15(11-14)21-17(23)12-28-18(24)10-9-13-5-2-3-8-16(13)22(26)27/h2-11H,12H2,1H3,(H,20,25)(H,21,23)/b10-9+. The minimum absolute atomic E-state index is 0.153. The summed E-state index contributed by atoms with van der Waals surface area (Å²) in [7, 11) is 1.49. The van der Waals surface area contributed by atoms with E-state index in [1.165, 1.54) is 37.4 Å². The second-order valence-corrected chi connectivity index (χ2v) is 5.47. The van der Waals surface area contributed by atoms with Gasteiger partial charge in [-0.3, -0.25) is 19.7 Å². The number of nitro benzene ring substituents is 1. The van der Waals surface area contributed by atoms with Gasteiger partial charge in [-0.2, -0.15) is 0 Å². The van der Waals surface area contributed by atoms with Gasteiger partial charge in [-0.1, -0.05) is 18.2 Å². The molecule has 2 rings (SSSR count). The Hall–Kier alpha value is -4.01. The van der Waals surface area contributed by atoms with Gasteiger partial charge in [0.25, 0.3) is 17.5 Å². The summed E-state index contributed by atoms with van der Waals surface area (Å²) in [5.41, 5.74) is 0.822. The van der Waals surface area contributed by atoms with E-state index in [2.05, 4.69) is 10.6 Å². The number of nitrogens with zero attached hydrogens (tertiary/aromatic N) is 1. The van der Waals surface area contributed by atoms with Gasteiger partial charge in [-0.25, -0.2) is 4.79 Å². The Morgan fingerprint density at radius 3 is 2.61 bits per heavy atom. The van der Waals surface area contributed by atoms with Crippen LogP contribution in [0.4, 0.5) is 11.4 Å². The molecule has 144 valence electrons. The molecule has 0 aliphatic carbocycles. The SMILES string of the molecule is CNC(=O)c1cccc(NC(=O)COC(=O)/C=C/c2ccccc2[N+](=O)[O-])c1. The minimum atomic E-state index is -0.826. The van der Waals surface area contributed by atoms with Gasteiger partial charge in [0, 0.05) is 30.4 Å². The van der Waals surface area contributed by atoms with Gasteiger partial charge in [-0.05, 0) is 30.3 Å². The molecular formula is C19H17N3O6. The highest BCUT2D eigenvalue weighted by Gasteiger charge is 2.11. The van der Waals surface area contributed by atoms with Crippen molar-refractivity contribution in [2.24, 2.45) is 0 Å². The van der Waals surface area contributed by atoms with E-state index in [1.54, 1.807) is 24.3 Å². The third-order valence-electron chi connectivity index (χ3n) is 3.51. The van der Waals surface area contributed by atoms with Crippen molar-refractivity contribution in [1.82, 2.24) is 5.32 Å². The first-order chi connectivity index (χ1) is 13.4. The normalized spacial score (nSPS) is 10.3. The number of nitrogens with one attached hydrogen (secondary N) is 2. The highest BCUT2D eigenvalue weighted by molar-refractivity contribution is 5.98. The van der Waals surface area contributed by atoms with Crippen molar-refractivity contribution >= 4 is 35.2 Å². The molecular weight excluding hydrogens is 366 g/mol. The number of hydrogen-bond acceptors (Lipinski definition) is 6. The molecule has 9 heteroatoms. The Morgan fingerprint density at radius 1 is 1.14 bits per heavy atom. The molecule has 0 atom stereocenters. The van der Waals surface area contributed by atoms with Gasteiger partial charge < -0.3 is 15.4 Å². The van der Waals surface area contributed by atoms with Crippen LogP contribution in [0.25, 0.3) is 6.08 Å². The second-order valence-electron chi connectivity index (χ2n) is 5.47. The van der Waals surface area contributed by atoms with Crippen LogP contribution in [0.15, 0.2) is 54.6 Å². The quantitative estimate of drug-likeness (QED) is 0.326. The van der Waals surface area contributed by atoms with Crippen molar-refractivity contribution in [3.8, 4) is 0 Å². The van der Waals surface area contributed by atoms with Crippen LogP contribution in [0.2, 0.25) is 0 Å². The van der Waals surface area contributed by atoms with Gasteiger partial charge in [-0.15, -0.1) is 0 Å². The monoisotopic (exact) mass is 383 g/mol. The molecule has 0 saturated carbocycles. The maximum Gasteiger partial charge on any atom is 0.331 e. The van der Waals surface area contributed by atoms with Crippen LogP contribution >= 0.6 is 0 Å². The van der Waals surface area contributed by atoms with Crippen LogP contribution in [-0.2, 0) is 14.3 Å². The number of carbonyl (C=O) groups is 3. The first-order valence-electron chi connectivity index (χ1n) is 8.11. The van der Waals surface area contributed by atoms with Crippen molar-refractivity contribution in [1.29, 1.82) is 0 Å². The molecule has 2 aromatic rings. The number of esters is 1. The Balaban J connectivity index is 1.90. The number of carbonyl (C=O) groups excluding carboxylic acids is 3. The summed E-state index contributed by atoms with van der Waals surface area (Å²) >= 11 is 0. The number of benzene rings is 2. The third kappa shape index (κ3) is 5.77. The summed E-state index contributed by atoms with van der Waals surface area (Å²) in [6, 6.07) is 12.1. The van der Waals surface area contributed by atoms with E-state index >= 15 is 0 Å². The smallest absolute Gasteiger partial charge is 0.331 e. The van der Waals surface area contributed by atoms with Gasteiger partial charge >= 0.3 is 5.97 Å². The molecule has 0 aliphatic rings. The van der Waals surface area contributed by atoms with Crippen LogP contribution < -0.4 is 10.6 Å². The van der Waals surface area contributed by atoms with E-state index in [0.29, 0.717) is 11.3 Å². The number of amides is 2. The molecule has 0 unspecified atom stereocenters. The summed E-state index contributed by atoms with van der Waals surface area (Å²) in [5.74, 6) is -1.73. The van der Waals surface area contributed by atoms with E-state index in [9.17, 15) is 24.5 Å². The van der Waals surface area contributed by atoms with Gasteiger partial charge in [0.1, 0.15) is 0 Å². The predicted octanol–water partition coefficient (Wildman–Crippen LogP) is 2.15. The van der Waals surface area contributed by atoms with Gasteiger partial charge in [0.2, 0.25) is 0 Å². The van der Waals surface area contributed by atoms with Crippen LogP contribution in [0.3, 0.4) is 0 Å². The lowest BCUT2D eigenvalue weighted by molar-refractivity contribution is -0.385. The van der Waals surface area contributed by atoms with Crippen molar-refractivity contribution in [3.63, 3.8) is 0 Å². The fourth-order valence-corrected chi connectivity index (χ4v) is 2.22. The summed E-state index contributed by atoms with van der Waals surface area (Å²) < 4.78 is 4.81. The molecule has 0 spiro atoms. The summed E-state index contributed by atoms with van der Waals surface area (Å²) in [5, 5.41) is 15.9. The van der Waals surface area contributed by atoms with Crippen LogP contribution in [0.5, 0.6) is 0 Å². The molecule has 0 aromatic heterocycles. The number of nitro groups is 1. The van der Waals surface area contributed by atoms with Crippen LogP contribution in [0.1, 0.15) is 15.9 Å². The summed E-state index contributed by atoms with van der Waals surface area (Å²) in [6.07, 6.45) is 2.24. The van der Waals surface area contributed by atoms with Gasteiger partial charge in [0.15, 0.2) is 6.61 Å². The lowest BCUT2D eigenvalue weighted by Gasteiger charge is -2.07. The van der Waals surface area contributed by atoms with E-state index < -0.39 is 23.4 Å². The number of para-hydroxylation sites is 1. The lowest BCUT2D eigenvalue weighted by Crippen LogP contribution is -2.21.